The van der Waals surface area contributed by atoms with Gasteiger partial charge >= 0.3 is 0 Å². The van der Waals surface area contributed by atoms with Crippen LogP contribution in [0, 0.1) is 5.82 Å². The van der Waals surface area contributed by atoms with Gasteiger partial charge in [0, 0.05) is 24.3 Å². The van der Waals surface area contributed by atoms with E-state index in [-0.39, 0.29) is 23.5 Å². The van der Waals surface area contributed by atoms with Crippen LogP contribution in [0.5, 0.6) is 5.75 Å². The van der Waals surface area contributed by atoms with Crippen LogP contribution in [-0.2, 0) is 16.6 Å². The van der Waals surface area contributed by atoms with Crippen molar-refractivity contribution in [2.45, 2.75) is 45.4 Å². The average molecular weight is 335 g/mol. The standard InChI is InChI=1S/C17H22FN3O3/c1-17(2,3)16-20-15(24-21-16)7-5-6-14(22)19-12-9-8-11(18)10-13(12)23-4/h8-10H,5-7H2,1-4H3,(H,19,22). The van der Waals surface area contributed by atoms with Crippen LogP contribution >= 0.6 is 0 Å². The Morgan fingerprint density at radius 3 is 2.75 bits per heavy atom. The lowest BCUT2D eigenvalue weighted by Crippen LogP contribution is -2.13. The molecule has 130 valence electrons. The molecule has 7 heteroatoms. The molecule has 1 aromatic carbocycles. The summed E-state index contributed by atoms with van der Waals surface area (Å²) < 4.78 is 23.4. The summed E-state index contributed by atoms with van der Waals surface area (Å²) in [6.45, 7) is 6.02. The number of methoxy groups -OCH3 is 1. The number of anilines is 1. The molecule has 0 aliphatic carbocycles. The van der Waals surface area contributed by atoms with Gasteiger partial charge in [-0.3, -0.25) is 4.79 Å². The van der Waals surface area contributed by atoms with Crippen LogP contribution in [0.2, 0.25) is 0 Å². The summed E-state index contributed by atoms with van der Waals surface area (Å²) in [5.41, 5.74) is 0.273. The predicted octanol–water partition coefficient (Wildman–Crippen LogP) is 3.48. The molecule has 1 amide bonds. The molecular weight excluding hydrogens is 313 g/mol. The first-order valence-corrected chi connectivity index (χ1v) is 7.76. The van der Waals surface area contributed by atoms with Crippen LogP contribution in [0.15, 0.2) is 22.7 Å². The molecule has 0 fully saturated rings. The highest BCUT2D eigenvalue weighted by molar-refractivity contribution is 5.92. The normalized spacial score (nSPS) is 11.4. The van der Waals surface area contributed by atoms with E-state index in [4.69, 9.17) is 9.26 Å². The quantitative estimate of drug-likeness (QED) is 0.874. The molecule has 0 saturated heterocycles. The third-order valence-corrected chi connectivity index (χ3v) is 3.37. The minimum absolute atomic E-state index is 0.168. The average Bonchev–Trinajstić information content (AvgIpc) is 2.98. The lowest BCUT2D eigenvalue weighted by atomic mass is 9.96. The number of amides is 1. The third kappa shape index (κ3) is 4.78. The van der Waals surface area contributed by atoms with Gasteiger partial charge in [0.05, 0.1) is 12.8 Å². The fourth-order valence-corrected chi connectivity index (χ4v) is 2.04. The maximum Gasteiger partial charge on any atom is 0.226 e. The van der Waals surface area contributed by atoms with Gasteiger partial charge in [-0.15, -0.1) is 0 Å². The Labute approximate surface area is 140 Å². The van der Waals surface area contributed by atoms with Crippen LogP contribution in [-0.4, -0.2) is 23.2 Å². The second kappa shape index (κ2) is 7.42. The Hall–Kier alpha value is -2.44. The largest absolute Gasteiger partial charge is 0.494 e. The number of benzene rings is 1. The molecule has 1 N–H and O–H groups in total. The summed E-state index contributed by atoms with van der Waals surface area (Å²) in [6.07, 6.45) is 1.38. The number of halogens is 1. The summed E-state index contributed by atoms with van der Waals surface area (Å²) in [5, 5.41) is 6.65. The molecule has 0 aliphatic heterocycles. The van der Waals surface area contributed by atoms with Gasteiger partial charge in [0.2, 0.25) is 11.8 Å². The Morgan fingerprint density at radius 1 is 1.38 bits per heavy atom. The molecule has 0 saturated carbocycles. The van der Waals surface area contributed by atoms with E-state index in [0.717, 1.165) is 0 Å². The molecule has 0 bridgehead atoms. The fourth-order valence-electron chi connectivity index (χ4n) is 2.04. The van der Waals surface area contributed by atoms with E-state index in [1.165, 1.54) is 25.3 Å². The molecule has 0 atom stereocenters. The zero-order valence-corrected chi connectivity index (χ0v) is 14.4. The molecule has 0 aliphatic rings. The second-order valence-electron chi connectivity index (χ2n) is 6.51. The highest BCUT2D eigenvalue weighted by Crippen LogP contribution is 2.25. The van der Waals surface area contributed by atoms with Crippen LogP contribution in [0.4, 0.5) is 10.1 Å². The van der Waals surface area contributed by atoms with E-state index in [9.17, 15) is 9.18 Å². The van der Waals surface area contributed by atoms with Crippen molar-refractivity contribution in [3.63, 3.8) is 0 Å². The first-order valence-electron chi connectivity index (χ1n) is 7.76. The monoisotopic (exact) mass is 335 g/mol. The zero-order valence-electron chi connectivity index (χ0n) is 14.4. The number of aryl methyl sites for hydroxylation is 1. The molecule has 2 rings (SSSR count). The summed E-state index contributed by atoms with van der Waals surface area (Å²) in [7, 11) is 1.42. The number of ether oxygens (including phenoxy) is 1. The van der Waals surface area contributed by atoms with E-state index < -0.39 is 5.82 Å². The van der Waals surface area contributed by atoms with Gasteiger partial charge < -0.3 is 14.6 Å². The van der Waals surface area contributed by atoms with Gasteiger partial charge in [0.15, 0.2) is 5.82 Å². The van der Waals surface area contributed by atoms with Gasteiger partial charge in [-0.25, -0.2) is 4.39 Å². The van der Waals surface area contributed by atoms with Gasteiger partial charge in [-0.05, 0) is 18.6 Å². The van der Waals surface area contributed by atoms with Crippen molar-refractivity contribution in [1.29, 1.82) is 0 Å². The lowest BCUT2D eigenvalue weighted by molar-refractivity contribution is -0.116. The summed E-state index contributed by atoms with van der Waals surface area (Å²) in [4.78, 5) is 16.3. The summed E-state index contributed by atoms with van der Waals surface area (Å²) >= 11 is 0. The highest BCUT2D eigenvalue weighted by Gasteiger charge is 2.20. The third-order valence-electron chi connectivity index (χ3n) is 3.37. The first-order chi connectivity index (χ1) is 11.3. The fraction of sp³-hybridized carbons (Fsp3) is 0.471. The predicted molar refractivity (Wildman–Crippen MR) is 87.5 cm³/mol. The first kappa shape index (κ1) is 17.9. The molecule has 1 heterocycles. The molecule has 1 aromatic heterocycles. The van der Waals surface area contributed by atoms with E-state index in [2.05, 4.69) is 15.5 Å². The molecule has 2 aromatic rings. The highest BCUT2D eigenvalue weighted by atomic mass is 19.1. The topological polar surface area (TPSA) is 77.2 Å². The van der Waals surface area contributed by atoms with E-state index in [1.54, 1.807) is 0 Å². The minimum Gasteiger partial charge on any atom is -0.494 e. The van der Waals surface area contributed by atoms with Crippen LogP contribution < -0.4 is 10.1 Å². The van der Waals surface area contributed by atoms with Crippen molar-refractivity contribution in [2.24, 2.45) is 0 Å². The maximum atomic E-state index is 13.1. The van der Waals surface area contributed by atoms with Crippen molar-refractivity contribution in [2.75, 3.05) is 12.4 Å². The Kier molecular flexibility index (Phi) is 5.54. The Morgan fingerprint density at radius 2 is 2.12 bits per heavy atom. The smallest absolute Gasteiger partial charge is 0.226 e. The number of carbonyl (C=O) groups is 1. The van der Waals surface area contributed by atoms with Crippen LogP contribution in [0.3, 0.4) is 0 Å². The minimum atomic E-state index is -0.420. The lowest BCUT2D eigenvalue weighted by Gasteiger charge is -2.11. The van der Waals surface area contributed by atoms with Crippen molar-refractivity contribution in [3.8, 4) is 5.75 Å². The van der Waals surface area contributed by atoms with Crippen molar-refractivity contribution < 1.29 is 18.4 Å². The number of aromatic nitrogens is 2. The van der Waals surface area contributed by atoms with Crippen molar-refractivity contribution in [1.82, 2.24) is 10.1 Å². The molecule has 0 radical (unpaired) electrons. The Balaban J connectivity index is 1.85. The van der Waals surface area contributed by atoms with Gasteiger partial charge in [-0.1, -0.05) is 25.9 Å². The number of hydrogen-bond acceptors (Lipinski definition) is 5. The van der Waals surface area contributed by atoms with E-state index in [1.807, 2.05) is 20.8 Å². The number of rotatable bonds is 6. The second-order valence-corrected chi connectivity index (χ2v) is 6.51. The molecule has 6 nitrogen and oxygen atoms in total. The SMILES string of the molecule is COc1cc(F)ccc1NC(=O)CCCc1nc(C(C)(C)C)no1. The Bertz CT molecular complexity index is 707. The number of nitrogens with one attached hydrogen (secondary N) is 1. The molecule has 0 spiro atoms. The van der Waals surface area contributed by atoms with Gasteiger partial charge in [0.1, 0.15) is 11.6 Å². The van der Waals surface area contributed by atoms with Crippen molar-refractivity contribution in [3.05, 3.63) is 35.7 Å². The number of nitrogens with zero attached hydrogens (tertiary/aromatic N) is 2. The van der Waals surface area contributed by atoms with Crippen LogP contribution in [0.1, 0.15) is 45.3 Å². The van der Waals surface area contributed by atoms with E-state index >= 15 is 0 Å². The zero-order chi connectivity index (χ0) is 17.7. The van der Waals surface area contributed by atoms with Crippen LogP contribution in [0.25, 0.3) is 0 Å². The van der Waals surface area contributed by atoms with Gasteiger partial charge in [0.25, 0.3) is 0 Å². The van der Waals surface area contributed by atoms with Crippen molar-refractivity contribution >= 4 is 11.6 Å². The molecule has 0 unspecified atom stereocenters. The van der Waals surface area contributed by atoms with E-state index in [0.29, 0.717) is 30.2 Å². The number of carbonyl (C=O) groups excluding carboxylic acids is 1. The molecular formula is C17H22FN3O3. The number of hydrogen-bond donors (Lipinski definition) is 1. The maximum absolute atomic E-state index is 13.1. The molecule has 24 heavy (non-hydrogen) atoms. The summed E-state index contributed by atoms with van der Waals surface area (Å²) in [5.74, 6) is 0.853. The van der Waals surface area contributed by atoms with Gasteiger partial charge in [-0.2, -0.15) is 4.98 Å². The summed E-state index contributed by atoms with van der Waals surface area (Å²) in [6, 6.07) is 3.96.